The van der Waals surface area contributed by atoms with Gasteiger partial charge in [0.1, 0.15) is 18.0 Å². The molecule has 3 aromatic heterocycles. The minimum Gasteiger partial charge on any atom is -0.337 e. The van der Waals surface area contributed by atoms with Gasteiger partial charge in [0.15, 0.2) is 0 Å². The molecule has 0 saturated carbocycles. The number of piperidine rings is 1. The average molecular weight is 526 g/mol. The van der Waals surface area contributed by atoms with E-state index in [1.54, 1.807) is 17.5 Å². The highest BCUT2D eigenvalue weighted by molar-refractivity contribution is 7.99. The van der Waals surface area contributed by atoms with Gasteiger partial charge in [-0.15, -0.1) is 0 Å². The quantitative estimate of drug-likeness (QED) is 0.360. The molecule has 0 spiro atoms. The fourth-order valence-corrected chi connectivity index (χ4v) is 7.09. The van der Waals surface area contributed by atoms with Gasteiger partial charge in [-0.3, -0.25) is 9.48 Å². The summed E-state index contributed by atoms with van der Waals surface area (Å²) in [6, 6.07) is 11.1. The molecule has 2 saturated heterocycles. The van der Waals surface area contributed by atoms with Gasteiger partial charge in [0.2, 0.25) is 5.91 Å². The van der Waals surface area contributed by atoms with Crippen LogP contribution in [-0.4, -0.2) is 42.3 Å². The Bertz CT molecular complexity index is 1660. The predicted octanol–water partition coefficient (Wildman–Crippen LogP) is 5.25. The van der Waals surface area contributed by atoms with Crippen molar-refractivity contribution in [2.45, 2.75) is 67.4 Å². The minimum atomic E-state index is -0.475. The molecule has 0 N–H and O–H groups in total. The van der Waals surface area contributed by atoms with Crippen LogP contribution >= 0.6 is 11.8 Å². The molecule has 2 unspecified atom stereocenters. The van der Waals surface area contributed by atoms with E-state index in [2.05, 4.69) is 28.3 Å². The number of carbonyl (C=O) groups excluding carboxylic acids is 1. The third-order valence-corrected chi connectivity index (χ3v) is 8.76. The summed E-state index contributed by atoms with van der Waals surface area (Å²) in [5.74, 6) is -0.319. The molecule has 0 aliphatic carbocycles. The van der Waals surface area contributed by atoms with Crippen molar-refractivity contribution < 1.29 is 9.18 Å². The van der Waals surface area contributed by atoms with Gasteiger partial charge in [0.05, 0.1) is 34.6 Å². The molecule has 10 heteroatoms. The second-order valence-corrected chi connectivity index (χ2v) is 11.0. The normalized spacial score (nSPS) is 20.4. The first-order valence-electron chi connectivity index (χ1n) is 12.5. The lowest BCUT2D eigenvalue weighted by molar-refractivity contribution is -0.133. The fraction of sp³-hybridized carbons (Fsp3) is 0.321. The molecule has 2 aliphatic rings. The number of nitrogens with zero attached hydrogens (tertiary/aromatic N) is 7. The summed E-state index contributed by atoms with van der Waals surface area (Å²) in [4.78, 5) is 15.5. The van der Waals surface area contributed by atoms with Gasteiger partial charge in [-0.05, 0) is 56.9 Å². The van der Waals surface area contributed by atoms with Gasteiger partial charge in [0, 0.05) is 52.3 Å². The summed E-state index contributed by atoms with van der Waals surface area (Å²) in [6.45, 7) is 3.63. The van der Waals surface area contributed by atoms with Crippen LogP contribution in [0.2, 0.25) is 0 Å². The number of amides is 1. The molecule has 1 amide bonds. The van der Waals surface area contributed by atoms with E-state index in [9.17, 15) is 19.7 Å². The van der Waals surface area contributed by atoms with Crippen LogP contribution in [0.15, 0.2) is 52.6 Å². The Labute approximate surface area is 223 Å². The smallest absolute Gasteiger partial charge is 0.219 e. The van der Waals surface area contributed by atoms with Crippen LogP contribution < -0.4 is 0 Å². The number of nitriles is 2. The molecular formula is C28H24FN7OS. The summed E-state index contributed by atoms with van der Waals surface area (Å²) in [5, 5.41) is 28.5. The lowest BCUT2D eigenvalue weighted by Crippen LogP contribution is -2.46. The first-order chi connectivity index (χ1) is 18.4. The Morgan fingerprint density at radius 1 is 1.05 bits per heavy atom. The van der Waals surface area contributed by atoms with Crippen LogP contribution in [0.5, 0.6) is 0 Å². The first kappa shape index (κ1) is 24.2. The lowest BCUT2D eigenvalue weighted by atomic mass is 9.97. The summed E-state index contributed by atoms with van der Waals surface area (Å²) in [7, 11) is 0. The SMILES string of the molecule is CC(=O)N1C2CC[C@H]1CC(n1cc(-c3cc(Sc4ccc(F)cc4C#N)c4c(C#N)cnn4c3)c(C)n1)C2. The highest BCUT2D eigenvalue weighted by atomic mass is 32.2. The van der Waals surface area contributed by atoms with Crippen LogP contribution in [0.4, 0.5) is 4.39 Å². The zero-order valence-electron chi connectivity index (χ0n) is 20.9. The summed E-state index contributed by atoms with van der Waals surface area (Å²) in [5.41, 5.74) is 3.97. The van der Waals surface area contributed by atoms with E-state index in [0.29, 0.717) is 16.0 Å². The van der Waals surface area contributed by atoms with Gasteiger partial charge in [-0.2, -0.15) is 20.7 Å². The van der Waals surface area contributed by atoms with E-state index in [0.717, 1.165) is 47.4 Å². The summed E-state index contributed by atoms with van der Waals surface area (Å²) < 4.78 is 17.5. The van der Waals surface area contributed by atoms with Crippen LogP contribution in [-0.2, 0) is 4.79 Å². The van der Waals surface area contributed by atoms with Gasteiger partial charge in [-0.1, -0.05) is 11.8 Å². The molecule has 4 aromatic rings. The second kappa shape index (κ2) is 9.30. The molecule has 2 fully saturated rings. The molecule has 38 heavy (non-hydrogen) atoms. The molecular weight excluding hydrogens is 501 g/mol. The maximum atomic E-state index is 13.7. The molecule has 8 nitrogen and oxygen atoms in total. The van der Waals surface area contributed by atoms with Gasteiger partial charge in [-0.25, -0.2) is 8.91 Å². The van der Waals surface area contributed by atoms with Gasteiger partial charge >= 0.3 is 0 Å². The Balaban J connectivity index is 1.39. The number of aromatic nitrogens is 4. The third kappa shape index (κ3) is 4.02. The first-order valence-corrected chi connectivity index (χ1v) is 13.3. The highest BCUT2D eigenvalue weighted by Crippen LogP contribution is 2.42. The van der Waals surface area contributed by atoms with E-state index < -0.39 is 5.82 Å². The van der Waals surface area contributed by atoms with Gasteiger partial charge in [0.25, 0.3) is 0 Å². The minimum absolute atomic E-state index is 0.156. The van der Waals surface area contributed by atoms with Crippen LogP contribution in [0.1, 0.15) is 55.5 Å². The van der Waals surface area contributed by atoms with Gasteiger partial charge < -0.3 is 4.90 Å². The number of pyridine rings is 1. The maximum absolute atomic E-state index is 13.7. The van der Waals surface area contributed by atoms with Crippen LogP contribution in [0, 0.1) is 35.4 Å². The van der Waals surface area contributed by atoms with Crippen molar-refractivity contribution in [1.29, 1.82) is 10.5 Å². The molecule has 5 heterocycles. The van der Waals surface area contributed by atoms with E-state index >= 15 is 0 Å². The number of fused-ring (bicyclic) bond motifs is 3. The monoisotopic (exact) mass is 525 g/mol. The highest BCUT2D eigenvalue weighted by Gasteiger charge is 2.42. The van der Waals surface area contributed by atoms with E-state index in [1.807, 2.05) is 23.9 Å². The standard InChI is InChI=1S/C28H24FN7OS/c1-16-25(15-34(33-16)24-9-22-4-5-23(10-24)36(22)17(2)37)19-8-27(28-20(12-31)13-32-35(28)14-19)38-26-6-3-21(29)7-18(26)11-30/h3,6-8,13-15,22-24H,4-5,9-10H2,1-2H3/t22-,23?,24?/m0/s1. The number of carbonyl (C=O) groups is 1. The number of hydrogen-bond acceptors (Lipinski definition) is 6. The summed E-state index contributed by atoms with van der Waals surface area (Å²) in [6.07, 6.45) is 9.33. The van der Waals surface area contributed by atoms with Crippen molar-refractivity contribution in [2.24, 2.45) is 0 Å². The Kier molecular flexibility index (Phi) is 5.93. The summed E-state index contributed by atoms with van der Waals surface area (Å²) >= 11 is 1.31. The predicted molar refractivity (Wildman–Crippen MR) is 139 cm³/mol. The Morgan fingerprint density at radius 3 is 2.47 bits per heavy atom. The fourth-order valence-electron chi connectivity index (χ4n) is 6.02. The number of hydrogen-bond donors (Lipinski definition) is 0. The van der Waals surface area contributed by atoms with Crippen molar-refractivity contribution in [3.05, 3.63) is 65.5 Å². The van der Waals surface area contributed by atoms with Crippen molar-refractivity contribution in [1.82, 2.24) is 24.3 Å². The van der Waals surface area contributed by atoms with Crippen molar-refractivity contribution >= 4 is 23.2 Å². The molecule has 6 rings (SSSR count). The molecule has 0 radical (unpaired) electrons. The molecule has 2 bridgehead atoms. The number of halogens is 1. The molecule has 3 atom stereocenters. The third-order valence-electron chi connectivity index (χ3n) is 7.65. The zero-order valence-corrected chi connectivity index (χ0v) is 21.7. The average Bonchev–Trinajstić information content (AvgIpc) is 3.58. The number of benzene rings is 1. The maximum Gasteiger partial charge on any atom is 0.219 e. The van der Waals surface area contributed by atoms with E-state index in [4.69, 9.17) is 5.10 Å². The molecule has 1 aromatic carbocycles. The lowest BCUT2D eigenvalue weighted by Gasteiger charge is -2.38. The zero-order chi connectivity index (χ0) is 26.6. The van der Waals surface area contributed by atoms with Crippen molar-refractivity contribution in [2.75, 3.05) is 0 Å². The Morgan fingerprint density at radius 2 is 1.79 bits per heavy atom. The second-order valence-electron chi connectivity index (χ2n) is 9.96. The number of aryl methyl sites for hydroxylation is 1. The van der Waals surface area contributed by atoms with Crippen LogP contribution in [0.25, 0.3) is 16.6 Å². The Hall–Kier alpha value is -4.15. The molecule has 2 aliphatic heterocycles. The largest absolute Gasteiger partial charge is 0.337 e. The molecule has 190 valence electrons. The van der Waals surface area contributed by atoms with Crippen molar-refractivity contribution in [3.8, 4) is 23.3 Å². The van der Waals surface area contributed by atoms with E-state index in [-0.39, 0.29) is 29.6 Å². The van der Waals surface area contributed by atoms with Crippen LogP contribution in [0.3, 0.4) is 0 Å². The number of rotatable bonds is 4. The topological polar surface area (TPSA) is 103 Å². The van der Waals surface area contributed by atoms with Crippen molar-refractivity contribution in [3.63, 3.8) is 0 Å². The van der Waals surface area contributed by atoms with E-state index in [1.165, 1.54) is 30.1 Å².